The van der Waals surface area contributed by atoms with E-state index in [1.165, 1.54) is 4.90 Å². The van der Waals surface area contributed by atoms with Gasteiger partial charge in [0.05, 0.1) is 11.7 Å². The van der Waals surface area contributed by atoms with E-state index in [2.05, 4.69) is 20.8 Å². The maximum absolute atomic E-state index is 12.0. The van der Waals surface area contributed by atoms with Crippen LogP contribution in [-0.2, 0) is 15.0 Å². The van der Waals surface area contributed by atoms with Crippen molar-refractivity contribution in [2.24, 2.45) is 5.73 Å². The van der Waals surface area contributed by atoms with Crippen LogP contribution in [0.15, 0.2) is 24.3 Å². The van der Waals surface area contributed by atoms with Gasteiger partial charge in [-0.25, -0.2) is 4.90 Å². The number of nitrogens with zero attached hydrogens (tertiary/aromatic N) is 1. The Hall–Kier alpha value is -1.68. The largest absolute Gasteiger partial charge is 0.320 e. The van der Waals surface area contributed by atoms with Gasteiger partial charge in [0.15, 0.2) is 0 Å². The third kappa shape index (κ3) is 2.68. The molecule has 1 aromatic rings. The molecule has 0 radical (unpaired) electrons. The van der Waals surface area contributed by atoms with Crippen LogP contribution < -0.4 is 10.6 Å². The van der Waals surface area contributed by atoms with Crippen LogP contribution in [0.5, 0.6) is 0 Å². The molecule has 1 aromatic carbocycles. The molecule has 0 aliphatic carbocycles. The molecule has 19 heavy (non-hydrogen) atoms. The molecule has 4 nitrogen and oxygen atoms in total. The average Bonchev–Trinajstić information content (AvgIpc) is 2.34. The molecule has 2 N–H and O–H groups in total. The Bertz CT molecular complexity index is 500. The number of benzene rings is 1. The molecule has 1 fully saturated rings. The first-order chi connectivity index (χ1) is 8.80. The Labute approximate surface area is 113 Å². The van der Waals surface area contributed by atoms with Crippen LogP contribution in [0.1, 0.15) is 39.2 Å². The molecule has 1 unspecified atom stereocenters. The minimum atomic E-state index is -0.569. The van der Waals surface area contributed by atoms with Gasteiger partial charge in [0.25, 0.3) is 5.91 Å². The Morgan fingerprint density at radius 1 is 1.16 bits per heavy atom. The molecule has 0 bridgehead atoms. The van der Waals surface area contributed by atoms with E-state index in [1.54, 1.807) is 0 Å². The summed E-state index contributed by atoms with van der Waals surface area (Å²) in [6.07, 6.45) is 0.766. The fourth-order valence-electron chi connectivity index (χ4n) is 2.18. The van der Waals surface area contributed by atoms with Gasteiger partial charge in [0, 0.05) is 6.42 Å². The molecule has 0 saturated carbocycles. The Morgan fingerprint density at radius 3 is 2.26 bits per heavy atom. The maximum atomic E-state index is 12.0. The van der Waals surface area contributed by atoms with E-state index in [0.29, 0.717) is 18.5 Å². The van der Waals surface area contributed by atoms with Crippen molar-refractivity contribution in [1.29, 1.82) is 0 Å². The molecule has 1 aliphatic rings. The van der Waals surface area contributed by atoms with E-state index in [4.69, 9.17) is 5.73 Å². The summed E-state index contributed by atoms with van der Waals surface area (Å²) in [5.41, 5.74) is 7.54. The van der Waals surface area contributed by atoms with Crippen molar-refractivity contribution in [3.05, 3.63) is 29.8 Å². The first-order valence-corrected chi connectivity index (χ1v) is 6.53. The normalized spacial score (nSPS) is 20.8. The number of amides is 2. The zero-order valence-electron chi connectivity index (χ0n) is 11.6. The van der Waals surface area contributed by atoms with E-state index >= 15 is 0 Å². The zero-order chi connectivity index (χ0) is 14.2. The average molecular weight is 260 g/mol. The number of carbonyl (C=O) groups excluding carboxylic acids is 2. The Morgan fingerprint density at radius 2 is 1.74 bits per heavy atom. The van der Waals surface area contributed by atoms with Crippen molar-refractivity contribution >= 4 is 17.5 Å². The molecule has 1 aliphatic heterocycles. The van der Waals surface area contributed by atoms with Crippen molar-refractivity contribution in [2.45, 2.75) is 45.1 Å². The molecule has 1 saturated heterocycles. The minimum Gasteiger partial charge on any atom is -0.320 e. The first kappa shape index (κ1) is 13.7. The number of rotatable bonds is 1. The van der Waals surface area contributed by atoms with Gasteiger partial charge >= 0.3 is 0 Å². The molecule has 0 aromatic heterocycles. The Balaban J connectivity index is 2.31. The predicted octanol–water partition coefficient (Wildman–Crippen LogP) is 1.96. The summed E-state index contributed by atoms with van der Waals surface area (Å²) in [6.45, 7) is 6.36. The fraction of sp³-hybridized carbons (Fsp3) is 0.467. The topological polar surface area (TPSA) is 63.4 Å². The van der Waals surface area contributed by atoms with Gasteiger partial charge in [-0.2, -0.15) is 0 Å². The van der Waals surface area contributed by atoms with Crippen molar-refractivity contribution in [2.75, 3.05) is 4.90 Å². The molecule has 1 atom stereocenters. The summed E-state index contributed by atoms with van der Waals surface area (Å²) < 4.78 is 0. The lowest BCUT2D eigenvalue weighted by atomic mass is 9.87. The molecular formula is C15H20N2O2. The number of hydrogen-bond donors (Lipinski definition) is 1. The van der Waals surface area contributed by atoms with Gasteiger partial charge in [-0.05, 0) is 29.5 Å². The molecule has 0 spiro atoms. The predicted molar refractivity (Wildman–Crippen MR) is 74.8 cm³/mol. The summed E-state index contributed by atoms with van der Waals surface area (Å²) in [6, 6.07) is 6.97. The van der Waals surface area contributed by atoms with Gasteiger partial charge in [-0.1, -0.05) is 32.9 Å². The van der Waals surface area contributed by atoms with Crippen LogP contribution in [-0.4, -0.2) is 17.9 Å². The van der Waals surface area contributed by atoms with Crippen LogP contribution in [0, 0.1) is 0 Å². The third-order valence-corrected chi connectivity index (χ3v) is 3.45. The molecule has 102 valence electrons. The molecular weight excluding hydrogens is 240 g/mol. The monoisotopic (exact) mass is 260 g/mol. The highest BCUT2D eigenvalue weighted by Crippen LogP contribution is 2.27. The standard InChI is InChI=1S/C15H20N2O2/c1-15(2,3)10-4-6-11(7-5-10)17-13(18)9-8-12(16)14(17)19/h4-7,12H,8-9,16H2,1-3H3. The summed E-state index contributed by atoms with van der Waals surface area (Å²) in [5, 5.41) is 0. The van der Waals surface area contributed by atoms with Crippen molar-refractivity contribution in [1.82, 2.24) is 0 Å². The van der Waals surface area contributed by atoms with Crippen molar-refractivity contribution in [3.63, 3.8) is 0 Å². The number of carbonyl (C=O) groups is 2. The molecule has 4 heteroatoms. The van der Waals surface area contributed by atoms with Gasteiger partial charge in [-0.3, -0.25) is 9.59 Å². The third-order valence-electron chi connectivity index (χ3n) is 3.45. The highest BCUT2D eigenvalue weighted by atomic mass is 16.2. The number of piperidine rings is 1. The molecule has 2 amide bonds. The maximum Gasteiger partial charge on any atom is 0.250 e. The van der Waals surface area contributed by atoms with Crippen LogP contribution in [0.25, 0.3) is 0 Å². The highest BCUT2D eigenvalue weighted by molar-refractivity contribution is 6.18. The highest BCUT2D eigenvalue weighted by Gasteiger charge is 2.33. The van der Waals surface area contributed by atoms with Crippen LogP contribution in [0.3, 0.4) is 0 Å². The first-order valence-electron chi connectivity index (χ1n) is 6.53. The smallest absolute Gasteiger partial charge is 0.250 e. The lowest BCUT2D eigenvalue weighted by Gasteiger charge is -2.29. The van der Waals surface area contributed by atoms with Crippen LogP contribution >= 0.6 is 0 Å². The van der Waals surface area contributed by atoms with E-state index < -0.39 is 6.04 Å². The van der Waals surface area contributed by atoms with E-state index in [-0.39, 0.29) is 17.2 Å². The summed E-state index contributed by atoms with van der Waals surface area (Å²) in [4.78, 5) is 25.1. The second-order valence-electron chi connectivity index (χ2n) is 6.01. The lowest BCUT2D eigenvalue weighted by Crippen LogP contribution is -2.51. The molecule has 2 rings (SSSR count). The zero-order valence-corrected chi connectivity index (χ0v) is 11.6. The van der Waals surface area contributed by atoms with Crippen molar-refractivity contribution < 1.29 is 9.59 Å². The van der Waals surface area contributed by atoms with Gasteiger partial charge in [0.2, 0.25) is 5.91 Å². The number of imide groups is 1. The van der Waals surface area contributed by atoms with Gasteiger partial charge in [-0.15, -0.1) is 0 Å². The van der Waals surface area contributed by atoms with E-state index in [1.807, 2.05) is 24.3 Å². The number of nitrogens with two attached hydrogens (primary N) is 1. The van der Waals surface area contributed by atoms with Gasteiger partial charge < -0.3 is 5.73 Å². The Kier molecular flexibility index (Phi) is 3.45. The fourth-order valence-corrected chi connectivity index (χ4v) is 2.18. The van der Waals surface area contributed by atoms with Crippen molar-refractivity contribution in [3.8, 4) is 0 Å². The quantitative estimate of drug-likeness (QED) is 0.785. The number of hydrogen-bond acceptors (Lipinski definition) is 3. The second-order valence-corrected chi connectivity index (χ2v) is 6.01. The summed E-state index contributed by atoms with van der Waals surface area (Å²) in [7, 11) is 0. The van der Waals surface area contributed by atoms with Crippen LogP contribution in [0.4, 0.5) is 5.69 Å². The van der Waals surface area contributed by atoms with E-state index in [9.17, 15) is 9.59 Å². The summed E-state index contributed by atoms with van der Waals surface area (Å²) >= 11 is 0. The van der Waals surface area contributed by atoms with Crippen LogP contribution in [0.2, 0.25) is 0 Å². The molecule has 1 heterocycles. The second kappa shape index (κ2) is 4.78. The lowest BCUT2D eigenvalue weighted by molar-refractivity contribution is -0.130. The van der Waals surface area contributed by atoms with E-state index in [0.717, 1.165) is 5.56 Å². The SMILES string of the molecule is CC(C)(C)c1ccc(N2C(=O)CCC(N)C2=O)cc1. The summed E-state index contributed by atoms with van der Waals surface area (Å²) in [5.74, 6) is -0.477. The number of anilines is 1. The van der Waals surface area contributed by atoms with Gasteiger partial charge in [0.1, 0.15) is 0 Å². The minimum absolute atomic E-state index is 0.0465.